The lowest BCUT2D eigenvalue weighted by atomic mass is 9.46. The molecule has 8 atom stereocenters. The number of aliphatic hydroxyl groups excluding tert-OH is 1. The van der Waals surface area contributed by atoms with Crippen molar-refractivity contribution < 1.29 is 5.11 Å². The Morgan fingerprint density at radius 2 is 1.83 bits per heavy atom. The molecule has 4 rings (SSSR count). The highest BCUT2D eigenvalue weighted by molar-refractivity contribution is 5.25. The summed E-state index contributed by atoms with van der Waals surface area (Å²) in [6, 6.07) is 0. The van der Waals surface area contributed by atoms with E-state index in [0.717, 1.165) is 41.9 Å². The molecule has 0 heterocycles. The Labute approximate surface area is 180 Å². The third-order valence-corrected chi connectivity index (χ3v) is 10.4. The maximum Gasteiger partial charge on any atom is 0.0724 e. The van der Waals surface area contributed by atoms with Gasteiger partial charge in [-0.2, -0.15) is 0 Å². The van der Waals surface area contributed by atoms with E-state index in [2.05, 4.69) is 53.7 Å². The van der Waals surface area contributed by atoms with Crippen LogP contribution >= 0.6 is 0 Å². The SMILES string of the molecule is C/C(=C/CC(C)C)[C@@H](C)[C@H]1CC[C@H]2[C@@H]3CCC4=C[C@@H](O)CC[C@]4(C)[C@H]3CC[C@]12C. The summed E-state index contributed by atoms with van der Waals surface area (Å²) >= 11 is 0. The molecule has 3 saturated carbocycles. The van der Waals surface area contributed by atoms with Crippen molar-refractivity contribution in [2.75, 3.05) is 0 Å². The molecular formula is C28H46O. The minimum absolute atomic E-state index is 0.180. The molecule has 0 amide bonds. The Hall–Kier alpha value is -0.560. The van der Waals surface area contributed by atoms with E-state index in [1.165, 1.54) is 51.4 Å². The van der Waals surface area contributed by atoms with Gasteiger partial charge in [0, 0.05) is 0 Å². The van der Waals surface area contributed by atoms with E-state index in [1.54, 1.807) is 11.1 Å². The molecule has 1 N–H and O–H groups in total. The Kier molecular flexibility index (Phi) is 5.86. The second-order valence-electron chi connectivity index (χ2n) is 12.2. The Bertz CT molecular complexity index is 672. The molecule has 29 heavy (non-hydrogen) atoms. The van der Waals surface area contributed by atoms with Gasteiger partial charge in [0.25, 0.3) is 0 Å². The number of allylic oxidation sites excluding steroid dienone is 3. The first-order valence-electron chi connectivity index (χ1n) is 12.7. The van der Waals surface area contributed by atoms with Gasteiger partial charge in [-0.25, -0.2) is 0 Å². The molecule has 4 aliphatic rings. The normalized spacial score (nSPS) is 46.0. The lowest BCUT2D eigenvalue weighted by Gasteiger charge is -2.59. The van der Waals surface area contributed by atoms with Gasteiger partial charge in [0.2, 0.25) is 0 Å². The Morgan fingerprint density at radius 1 is 1.07 bits per heavy atom. The van der Waals surface area contributed by atoms with Crippen molar-refractivity contribution in [1.82, 2.24) is 0 Å². The summed E-state index contributed by atoms with van der Waals surface area (Å²) < 4.78 is 0. The number of aliphatic hydroxyl groups is 1. The topological polar surface area (TPSA) is 20.2 Å². The van der Waals surface area contributed by atoms with E-state index in [9.17, 15) is 5.11 Å². The fraction of sp³-hybridized carbons (Fsp3) is 0.857. The van der Waals surface area contributed by atoms with Crippen molar-refractivity contribution in [2.45, 2.75) is 105 Å². The van der Waals surface area contributed by atoms with Gasteiger partial charge in [0.15, 0.2) is 0 Å². The van der Waals surface area contributed by atoms with Crippen molar-refractivity contribution in [3.63, 3.8) is 0 Å². The van der Waals surface area contributed by atoms with Crippen LogP contribution in [0.15, 0.2) is 23.3 Å². The van der Waals surface area contributed by atoms with Crippen LogP contribution in [0.5, 0.6) is 0 Å². The van der Waals surface area contributed by atoms with Crippen LogP contribution in [0, 0.1) is 46.3 Å². The molecule has 1 heteroatoms. The zero-order valence-electron chi connectivity index (χ0n) is 20.0. The van der Waals surface area contributed by atoms with Gasteiger partial charge in [-0.1, -0.05) is 57.9 Å². The first kappa shape index (κ1) is 21.7. The quantitative estimate of drug-likeness (QED) is 0.484. The number of hydrogen-bond donors (Lipinski definition) is 1. The first-order valence-corrected chi connectivity index (χ1v) is 12.7. The zero-order valence-corrected chi connectivity index (χ0v) is 20.0. The van der Waals surface area contributed by atoms with Crippen molar-refractivity contribution in [1.29, 1.82) is 0 Å². The van der Waals surface area contributed by atoms with Crippen molar-refractivity contribution in [3.05, 3.63) is 23.3 Å². The van der Waals surface area contributed by atoms with Gasteiger partial charge < -0.3 is 5.11 Å². The van der Waals surface area contributed by atoms with Crippen molar-refractivity contribution in [2.24, 2.45) is 46.3 Å². The minimum atomic E-state index is -0.180. The fourth-order valence-electron chi connectivity index (χ4n) is 8.50. The average molecular weight is 399 g/mol. The van der Waals surface area contributed by atoms with Crippen LogP contribution in [0.4, 0.5) is 0 Å². The first-order chi connectivity index (χ1) is 13.7. The molecule has 0 aliphatic heterocycles. The van der Waals surface area contributed by atoms with Crippen LogP contribution < -0.4 is 0 Å². The Morgan fingerprint density at radius 3 is 2.55 bits per heavy atom. The van der Waals surface area contributed by atoms with Gasteiger partial charge in [-0.15, -0.1) is 0 Å². The number of fused-ring (bicyclic) bond motifs is 5. The summed E-state index contributed by atoms with van der Waals surface area (Å²) in [6.07, 6.45) is 16.4. The van der Waals surface area contributed by atoms with Crippen molar-refractivity contribution in [3.8, 4) is 0 Å². The van der Waals surface area contributed by atoms with Crippen molar-refractivity contribution >= 4 is 0 Å². The van der Waals surface area contributed by atoms with Crippen LogP contribution in [0.3, 0.4) is 0 Å². The van der Waals surface area contributed by atoms with Gasteiger partial charge in [0.1, 0.15) is 0 Å². The average Bonchev–Trinajstić information content (AvgIpc) is 3.03. The molecule has 0 spiro atoms. The van der Waals surface area contributed by atoms with Gasteiger partial charge in [-0.3, -0.25) is 0 Å². The molecular weight excluding hydrogens is 352 g/mol. The summed E-state index contributed by atoms with van der Waals surface area (Å²) in [5, 5.41) is 10.2. The predicted octanol–water partition coefficient (Wildman–Crippen LogP) is 7.55. The minimum Gasteiger partial charge on any atom is -0.389 e. The maximum atomic E-state index is 10.2. The maximum absolute atomic E-state index is 10.2. The van der Waals surface area contributed by atoms with E-state index in [4.69, 9.17) is 0 Å². The second-order valence-corrected chi connectivity index (χ2v) is 12.2. The molecule has 3 fully saturated rings. The fourth-order valence-corrected chi connectivity index (χ4v) is 8.50. The number of hydrogen-bond acceptors (Lipinski definition) is 1. The molecule has 4 aliphatic carbocycles. The molecule has 164 valence electrons. The number of rotatable bonds is 4. The molecule has 0 aromatic heterocycles. The molecule has 0 aromatic rings. The highest BCUT2D eigenvalue weighted by Gasteiger charge is 2.59. The molecule has 0 aromatic carbocycles. The van der Waals surface area contributed by atoms with Gasteiger partial charge in [-0.05, 0) is 111 Å². The molecule has 1 nitrogen and oxygen atoms in total. The summed E-state index contributed by atoms with van der Waals surface area (Å²) in [4.78, 5) is 0. The van der Waals surface area contributed by atoms with E-state index >= 15 is 0 Å². The second kappa shape index (κ2) is 7.85. The standard InChI is InChI=1S/C28H46O/c1-18(2)7-8-19(3)20(4)24-11-12-25-23-10-9-21-17-22(29)13-15-27(21,5)26(23)14-16-28(24,25)6/h8,17-18,20,22-26,29H,7,9-16H2,1-6H3/b19-8-/t20-,22+,23+,24-,25+,26+,27+,28-/m1/s1. The smallest absolute Gasteiger partial charge is 0.0724 e. The lowest BCUT2D eigenvalue weighted by molar-refractivity contribution is -0.0600. The molecule has 0 unspecified atom stereocenters. The van der Waals surface area contributed by atoms with Crippen LogP contribution in [-0.2, 0) is 0 Å². The van der Waals surface area contributed by atoms with Crippen LogP contribution in [0.1, 0.15) is 99.3 Å². The predicted molar refractivity (Wildman–Crippen MR) is 124 cm³/mol. The highest BCUT2D eigenvalue weighted by Crippen LogP contribution is 2.67. The summed E-state index contributed by atoms with van der Waals surface area (Å²) in [7, 11) is 0. The van der Waals surface area contributed by atoms with Crippen LogP contribution in [0.2, 0.25) is 0 Å². The molecule has 0 bridgehead atoms. The van der Waals surface area contributed by atoms with Crippen LogP contribution in [-0.4, -0.2) is 11.2 Å². The molecule has 0 radical (unpaired) electrons. The highest BCUT2D eigenvalue weighted by atomic mass is 16.3. The summed E-state index contributed by atoms with van der Waals surface area (Å²) in [6.45, 7) is 14.8. The lowest BCUT2D eigenvalue weighted by Crippen LogP contribution is -2.51. The third-order valence-electron chi connectivity index (χ3n) is 10.4. The van der Waals surface area contributed by atoms with Gasteiger partial charge in [0.05, 0.1) is 6.10 Å². The van der Waals surface area contributed by atoms with E-state index in [-0.39, 0.29) is 6.10 Å². The zero-order chi connectivity index (χ0) is 21.0. The molecule has 0 saturated heterocycles. The van der Waals surface area contributed by atoms with E-state index in [0.29, 0.717) is 10.8 Å². The van der Waals surface area contributed by atoms with Gasteiger partial charge >= 0.3 is 0 Å². The third kappa shape index (κ3) is 3.58. The van der Waals surface area contributed by atoms with E-state index in [1.807, 2.05) is 0 Å². The monoisotopic (exact) mass is 398 g/mol. The van der Waals surface area contributed by atoms with Crippen LogP contribution in [0.25, 0.3) is 0 Å². The Balaban J connectivity index is 1.55. The largest absolute Gasteiger partial charge is 0.389 e. The summed E-state index contributed by atoms with van der Waals surface area (Å²) in [5.41, 5.74) is 4.17. The van der Waals surface area contributed by atoms with E-state index < -0.39 is 0 Å². The summed E-state index contributed by atoms with van der Waals surface area (Å²) in [5.74, 6) is 5.08.